The quantitative estimate of drug-likeness (QED) is 0.714. The number of hydrogen-bond acceptors (Lipinski definition) is 4. The zero-order valence-electron chi connectivity index (χ0n) is 12.3. The largest absolute Gasteiger partial charge is 0.504 e. The monoisotopic (exact) mass is 310 g/mol. The van der Waals surface area contributed by atoms with Crippen molar-refractivity contribution in [3.05, 3.63) is 54.1 Å². The standard InChI is InChI=1S/C18H14O5/c1-22-14-4-2-3-12(9-14)16-10-13-7-11(5-6-17(20)21)8-15(19)18(13)23-16/h2-10,19H,1H3,(H,20,21)/b6-5+. The van der Waals surface area contributed by atoms with Gasteiger partial charge in [0.25, 0.3) is 0 Å². The Morgan fingerprint density at radius 3 is 2.78 bits per heavy atom. The molecule has 0 saturated carbocycles. The van der Waals surface area contributed by atoms with Crippen molar-refractivity contribution >= 4 is 23.0 Å². The summed E-state index contributed by atoms with van der Waals surface area (Å²) in [7, 11) is 1.59. The Bertz CT molecular complexity index is 905. The molecule has 3 rings (SSSR count). The van der Waals surface area contributed by atoms with Crippen LogP contribution in [-0.4, -0.2) is 23.3 Å². The number of fused-ring (bicyclic) bond motifs is 1. The number of ether oxygens (including phenoxy) is 1. The van der Waals surface area contributed by atoms with E-state index in [9.17, 15) is 9.90 Å². The summed E-state index contributed by atoms with van der Waals surface area (Å²) in [4.78, 5) is 10.6. The van der Waals surface area contributed by atoms with E-state index >= 15 is 0 Å². The number of carboxylic acid groups (broad SMARTS) is 1. The lowest BCUT2D eigenvalue weighted by Crippen LogP contribution is -1.85. The second kappa shape index (κ2) is 5.88. The summed E-state index contributed by atoms with van der Waals surface area (Å²) < 4.78 is 10.9. The molecule has 3 aromatic rings. The zero-order chi connectivity index (χ0) is 16.4. The normalized spacial score (nSPS) is 11.2. The SMILES string of the molecule is COc1cccc(-c2cc3cc(/C=C/C(=O)O)cc(O)c3o2)c1. The minimum absolute atomic E-state index is 0.0401. The minimum Gasteiger partial charge on any atom is -0.504 e. The van der Waals surface area contributed by atoms with E-state index in [2.05, 4.69) is 0 Å². The Hall–Kier alpha value is -3.21. The van der Waals surface area contributed by atoms with Crippen LogP contribution < -0.4 is 4.74 Å². The lowest BCUT2D eigenvalue weighted by atomic mass is 10.1. The molecule has 1 heterocycles. The third kappa shape index (κ3) is 3.03. The van der Waals surface area contributed by atoms with Gasteiger partial charge in [0.15, 0.2) is 11.3 Å². The van der Waals surface area contributed by atoms with E-state index in [1.165, 1.54) is 12.1 Å². The first-order valence-corrected chi connectivity index (χ1v) is 6.89. The first-order valence-electron chi connectivity index (χ1n) is 6.89. The van der Waals surface area contributed by atoms with Crippen molar-refractivity contribution in [2.45, 2.75) is 0 Å². The highest BCUT2D eigenvalue weighted by Crippen LogP contribution is 2.35. The van der Waals surface area contributed by atoms with E-state index in [4.69, 9.17) is 14.3 Å². The number of aliphatic carboxylic acids is 1. The van der Waals surface area contributed by atoms with Gasteiger partial charge < -0.3 is 19.4 Å². The molecular weight excluding hydrogens is 296 g/mol. The molecule has 0 bridgehead atoms. The van der Waals surface area contributed by atoms with Gasteiger partial charge >= 0.3 is 5.97 Å². The maximum atomic E-state index is 10.6. The van der Waals surface area contributed by atoms with Gasteiger partial charge in [0.2, 0.25) is 0 Å². The van der Waals surface area contributed by atoms with E-state index < -0.39 is 5.97 Å². The van der Waals surface area contributed by atoms with Crippen LogP contribution in [0.1, 0.15) is 5.56 Å². The van der Waals surface area contributed by atoms with Crippen molar-refractivity contribution < 1.29 is 24.2 Å². The lowest BCUT2D eigenvalue weighted by molar-refractivity contribution is -0.131. The number of furan rings is 1. The molecule has 23 heavy (non-hydrogen) atoms. The number of hydrogen-bond donors (Lipinski definition) is 2. The topological polar surface area (TPSA) is 79.9 Å². The Balaban J connectivity index is 2.07. The fourth-order valence-corrected chi connectivity index (χ4v) is 2.34. The van der Waals surface area contributed by atoms with Gasteiger partial charge in [-0.1, -0.05) is 12.1 Å². The maximum absolute atomic E-state index is 10.6. The number of carboxylic acids is 1. The van der Waals surface area contributed by atoms with Gasteiger partial charge in [-0.3, -0.25) is 0 Å². The molecule has 0 aliphatic heterocycles. The van der Waals surface area contributed by atoms with E-state index in [0.717, 1.165) is 11.6 Å². The van der Waals surface area contributed by atoms with Crippen molar-refractivity contribution in [2.75, 3.05) is 7.11 Å². The predicted octanol–water partition coefficient (Wildman–Crippen LogP) is 3.91. The number of benzene rings is 2. The number of phenolic OH excluding ortho intramolecular Hbond substituents is 1. The maximum Gasteiger partial charge on any atom is 0.328 e. The highest BCUT2D eigenvalue weighted by molar-refractivity contribution is 5.91. The number of rotatable bonds is 4. The van der Waals surface area contributed by atoms with Crippen molar-refractivity contribution in [3.8, 4) is 22.8 Å². The molecule has 0 fully saturated rings. The molecule has 2 N–H and O–H groups in total. The van der Waals surface area contributed by atoms with Gasteiger partial charge in [0.05, 0.1) is 7.11 Å². The molecule has 0 spiro atoms. The predicted molar refractivity (Wildman–Crippen MR) is 86.5 cm³/mol. The van der Waals surface area contributed by atoms with Crippen LogP contribution in [0.2, 0.25) is 0 Å². The molecule has 0 radical (unpaired) electrons. The molecule has 0 saturated heterocycles. The number of methoxy groups -OCH3 is 1. The lowest BCUT2D eigenvalue weighted by Gasteiger charge is -2.01. The molecule has 116 valence electrons. The fourth-order valence-electron chi connectivity index (χ4n) is 2.34. The third-order valence-electron chi connectivity index (χ3n) is 3.39. The molecule has 0 atom stereocenters. The summed E-state index contributed by atoms with van der Waals surface area (Å²) in [5, 5.41) is 19.4. The molecule has 0 unspecified atom stereocenters. The number of phenols is 1. The van der Waals surface area contributed by atoms with E-state index in [1.807, 2.05) is 24.3 Å². The van der Waals surface area contributed by atoms with Gasteiger partial charge in [-0.25, -0.2) is 4.79 Å². The second-order valence-electron chi connectivity index (χ2n) is 4.97. The summed E-state index contributed by atoms with van der Waals surface area (Å²) in [5.74, 6) is 0.210. The molecule has 2 aromatic carbocycles. The Kier molecular flexibility index (Phi) is 3.76. The van der Waals surface area contributed by atoms with Crippen molar-refractivity contribution in [1.29, 1.82) is 0 Å². The van der Waals surface area contributed by atoms with Crippen LogP contribution >= 0.6 is 0 Å². The highest BCUT2D eigenvalue weighted by Gasteiger charge is 2.11. The van der Waals surface area contributed by atoms with E-state index in [1.54, 1.807) is 19.2 Å². The second-order valence-corrected chi connectivity index (χ2v) is 4.97. The van der Waals surface area contributed by atoms with Gasteiger partial charge in [-0.15, -0.1) is 0 Å². The van der Waals surface area contributed by atoms with Crippen molar-refractivity contribution in [3.63, 3.8) is 0 Å². The minimum atomic E-state index is -1.05. The van der Waals surface area contributed by atoms with E-state index in [-0.39, 0.29) is 5.75 Å². The highest BCUT2D eigenvalue weighted by atomic mass is 16.5. The Morgan fingerprint density at radius 2 is 2.04 bits per heavy atom. The molecule has 1 aromatic heterocycles. The average Bonchev–Trinajstić information content (AvgIpc) is 2.98. The molecule has 0 amide bonds. The summed E-state index contributed by atoms with van der Waals surface area (Å²) in [6.07, 6.45) is 2.43. The average molecular weight is 310 g/mol. The van der Waals surface area contributed by atoms with Gasteiger partial charge in [0, 0.05) is 17.0 Å². The van der Waals surface area contributed by atoms with Crippen molar-refractivity contribution in [1.82, 2.24) is 0 Å². The van der Waals surface area contributed by atoms with Crippen LogP contribution in [0.5, 0.6) is 11.5 Å². The summed E-state index contributed by atoms with van der Waals surface area (Å²) >= 11 is 0. The van der Waals surface area contributed by atoms with E-state index in [0.29, 0.717) is 28.0 Å². The summed E-state index contributed by atoms with van der Waals surface area (Å²) in [6.45, 7) is 0. The van der Waals surface area contributed by atoms with Crippen LogP contribution in [0.15, 0.2) is 53.0 Å². The van der Waals surface area contributed by atoms with Crippen LogP contribution in [0.3, 0.4) is 0 Å². The number of aromatic hydroxyl groups is 1. The molecule has 0 aliphatic rings. The summed E-state index contributed by atoms with van der Waals surface area (Å²) in [6, 6.07) is 12.4. The number of carbonyl (C=O) groups is 1. The smallest absolute Gasteiger partial charge is 0.328 e. The first kappa shape index (κ1) is 14.7. The molecule has 5 nitrogen and oxygen atoms in total. The Morgan fingerprint density at radius 1 is 1.22 bits per heavy atom. The zero-order valence-corrected chi connectivity index (χ0v) is 12.3. The summed E-state index contributed by atoms with van der Waals surface area (Å²) in [5.41, 5.74) is 1.76. The fraction of sp³-hybridized carbons (Fsp3) is 0.0556. The third-order valence-corrected chi connectivity index (χ3v) is 3.39. The molecule has 0 aliphatic carbocycles. The van der Waals surface area contributed by atoms with Gasteiger partial charge in [-0.2, -0.15) is 0 Å². The van der Waals surface area contributed by atoms with Crippen LogP contribution in [0.25, 0.3) is 28.4 Å². The van der Waals surface area contributed by atoms with Crippen LogP contribution in [0, 0.1) is 0 Å². The molecular formula is C18H14O5. The van der Waals surface area contributed by atoms with Gasteiger partial charge in [-0.05, 0) is 42.0 Å². The van der Waals surface area contributed by atoms with Crippen molar-refractivity contribution in [2.24, 2.45) is 0 Å². The van der Waals surface area contributed by atoms with Gasteiger partial charge in [0.1, 0.15) is 11.5 Å². The molecule has 5 heteroatoms. The van der Waals surface area contributed by atoms with Crippen LogP contribution in [-0.2, 0) is 4.79 Å². The Labute approximate surface area is 132 Å². The first-order chi connectivity index (χ1) is 11.1. The van der Waals surface area contributed by atoms with Crippen LogP contribution in [0.4, 0.5) is 0 Å².